The normalized spacial score (nSPS) is 11.4. The van der Waals surface area contributed by atoms with Crippen molar-refractivity contribution in [2.75, 3.05) is 10.5 Å². The van der Waals surface area contributed by atoms with Gasteiger partial charge in [-0.2, -0.15) is 0 Å². The van der Waals surface area contributed by atoms with E-state index in [4.69, 9.17) is 28.9 Å². The minimum atomic E-state index is -4.42. The maximum atomic E-state index is 13.8. The zero-order valence-corrected chi connectivity index (χ0v) is 12.5. The molecule has 0 saturated heterocycles. The highest BCUT2D eigenvalue weighted by molar-refractivity contribution is 7.92. The summed E-state index contributed by atoms with van der Waals surface area (Å²) in [5.41, 5.74) is 4.97. The molecule has 0 atom stereocenters. The summed E-state index contributed by atoms with van der Waals surface area (Å²) in [7, 11) is -4.42. The summed E-state index contributed by atoms with van der Waals surface area (Å²) in [4.78, 5) is -0.785. The summed E-state index contributed by atoms with van der Waals surface area (Å²) >= 11 is 11.2. The van der Waals surface area contributed by atoms with Gasteiger partial charge in [-0.25, -0.2) is 17.2 Å². The standard InChI is InChI=1S/C12H8Cl2F2N2O2S/c13-6-1-2-9(15)10(3-6)18-21(19,20)11-5-7(17)4-8(14)12(11)16/h1-5,18H,17H2. The fourth-order valence-corrected chi connectivity index (χ4v) is 3.20. The molecule has 2 rings (SSSR count). The molecular weight excluding hydrogens is 345 g/mol. The van der Waals surface area contributed by atoms with Gasteiger partial charge in [-0.05, 0) is 30.3 Å². The van der Waals surface area contributed by atoms with E-state index in [1.807, 2.05) is 4.72 Å². The van der Waals surface area contributed by atoms with Gasteiger partial charge in [0, 0.05) is 10.7 Å². The summed E-state index contributed by atoms with van der Waals surface area (Å²) in [5.74, 6) is -2.04. The van der Waals surface area contributed by atoms with Gasteiger partial charge in [0.05, 0.1) is 10.7 Å². The molecule has 112 valence electrons. The maximum Gasteiger partial charge on any atom is 0.265 e. The second-order valence-corrected chi connectivity index (χ2v) is 6.54. The number of hydrogen-bond acceptors (Lipinski definition) is 3. The van der Waals surface area contributed by atoms with E-state index in [2.05, 4.69) is 0 Å². The lowest BCUT2D eigenvalue weighted by Gasteiger charge is -2.11. The molecule has 0 bridgehead atoms. The number of nitrogen functional groups attached to an aromatic ring is 1. The Bertz CT molecular complexity index is 813. The molecule has 3 N–H and O–H groups in total. The molecule has 0 unspecified atom stereocenters. The Hall–Kier alpha value is -1.57. The topological polar surface area (TPSA) is 72.2 Å². The number of halogens is 4. The van der Waals surface area contributed by atoms with Crippen molar-refractivity contribution in [3.8, 4) is 0 Å². The Morgan fingerprint density at radius 2 is 1.76 bits per heavy atom. The molecule has 2 aromatic carbocycles. The highest BCUT2D eigenvalue weighted by Gasteiger charge is 2.23. The van der Waals surface area contributed by atoms with Crippen LogP contribution in [0.1, 0.15) is 0 Å². The van der Waals surface area contributed by atoms with Crippen molar-refractivity contribution in [3.05, 3.63) is 52.0 Å². The molecule has 4 nitrogen and oxygen atoms in total. The molecule has 0 aliphatic rings. The van der Waals surface area contributed by atoms with Gasteiger partial charge in [0.2, 0.25) is 0 Å². The fourth-order valence-electron chi connectivity index (χ4n) is 1.55. The average molecular weight is 353 g/mol. The Labute approximate surface area is 129 Å². The highest BCUT2D eigenvalue weighted by Crippen LogP contribution is 2.28. The lowest BCUT2D eigenvalue weighted by atomic mass is 10.3. The number of sulfonamides is 1. The van der Waals surface area contributed by atoms with Gasteiger partial charge in [-0.15, -0.1) is 0 Å². The van der Waals surface area contributed by atoms with Crippen LogP contribution < -0.4 is 10.5 Å². The van der Waals surface area contributed by atoms with E-state index in [-0.39, 0.29) is 10.7 Å². The minimum Gasteiger partial charge on any atom is -0.399 e. The highest BCUT2D eigenvalue weighted by atomic mass is 35.5. The summed E-state index contributed by atoms with van der Waals surface area (Å²) in [5, 5.41) is -0.345. The molecular formula is C12H8Cl2F2N2O2S. The van der Waals surface area contributed by atoms with Gasteiger partial charge in [-0.3, -0.25) is 4.72 Å². The first-order chi connectivity index (χ1) is 9.70. The summed E-state index contributed by atoms with van der Waals surface area (Å²) < 4.78 is 53.5. The molecule has 0 aromatic heterocycles. The van der Waals surface area contributed by atoms with E-state index in [1.165, 1.54) is 6.07 Å². The molecule has 0 saturated carbocycles. The van der Waals surface area contributed by atoms with Gasteiger partial charge >= 0.3 is 0 Å². The van der Waals surface area contributed by atoms with Gasteiger partial charge in [0.25, 0.3) is 10.0 Å². The molecule has 0 radical (unpaired) electrons. The monoisotopic (exact) mass is 352 g/mol. The second kappa shape index (κ2) is 5.67. The maximum absolute atomic E-state index is 13.8. The second-order valence-electron chi connectivity index (χ2n) is 4.04. The van der Waals surface area contributed by atoms with Crippen LogP contribution in [0.4, 0.5) is 20.2 Å². The van der Waals surface area contributed by atoms with Crippen LogP contribution in [-0.4, -0.2) is 8.42 Å². The number of anilines is 2. The number of nitrogens with two attached hydrogens (primary N) is 1. The van der Waals surface area contributed by atoms with Crippen molar-refractivity contribution in [1.82, 2.24) is 0 Å². The van der Waals surface area contributed by atoms with E-state index in [0.29, 0.717) is 0 Å². The summed E-state index contributed by atoms with van der Waals surface area (Å²) in [6.45, 7) is 0. The molecule has 0 heterocycles. The van der Waals surface area contributed by atoms with Crippen LogP contribution >= 0.6 is 23.2 Å². The average Bonchev–Trinajstić information content (AvgIpc) is 2.37. The van der Waals surface area contributed by atoms with E-state index in [9.17, 15) is 17.2 Å². The first kappa shape index (κ1) is 15.8. The molecule has 0 aliphatic carbocycles. The van der Waals surface area contributed by atoms with Crippen LogP contribution in [-0.2, 0) is 10.0 Å². The van der Waals surface area contributed by atoms with Crippen LogP contribution in [0.5, 0.6) is 0 Å². The van der Waals surface area contributed by atoms with Crippen molar-refractivity contribution in [2.24, 2.45) is 0 Å². The first-order valence-electron chi connectivity index (χ1n) is 5.43. The van der Waals surface area contributed by atoms with Crippen LogP contribution in [0.2, 0.25) is 10.0 Å². The predicted octanol–water partition coefficient (Wildman–Crippen LogP) is 3.65. The number of benzene rings is 2. The van der Waals surface area contributed by atoms with Gasteiger partial charge in [0.15, 0.2) is 5.82 Å². The third kappa shape index (κ3) is 3.37. The van der Waals surface area contributed by atoms with Crippen LogP contribution in [0.25, 0.3) is 0 Å². The van der Waals surface area contributed by atoms with Crippen molar-refractivity contribution in [3.63, 3.8) is 0 Å². The smallest absolute Gasteiger partial charge is 0.265 e. The SMILES string of the molecule is Nc1cc(Cl)c(F)c(S(=O)(=O)Nc2cc(Cl)ccc2F)c1. The number of rotatable bonds is 3. The Morgan fingerprint density at radius 1 is 1.10 bits per heavy atom. The van der Waals surface area contributed by atoms with Crippen molar-refractivity contribution >= 4 is 44.6 Å². The van der Waals surface area contributed by atoms with Gasteiger partial charge < -0.3 is 5.73 Å². The van der Waals surface area contributed by atoms with E-state index < -0.39 is 37.3 Å². The molecule has 0 amide bonds. The quantitative estimate of drug-likeness (QED) is 0.828. The van der Waals surface area contributed by atoms with Gasteiger partial charge in [-0.1, -0.05) is 23.2 Å². The molecule has 2 aromatic rings. The fraction of sp³-hybridized carbons (Fsp3) is 0. The van der Waals surface area contributed by atoms with E-state index >= 15 is 0 Å². The Morgan fingerprint density at radius 3 is 2.43 bits per heavy atom. The van der Waals surface area contributed by atoms with Gasteiger partial charge in [0.1, 0.15) is 10.7 Å². The van der Waals surface area contributed by atoms with Crippen molar-refractivity contribution in [2.45, 2.75) is 4.90 Å². The Kier molecular flexibility index (Phi) is 4.27. The zero-order valence-electron chi connectivity index (χ0n) is 10.2. The van der Waals surface area contributed by atoms with Crippen LogP contribution in [0.3, 0.4) is 0 Å². The zero-order chi connectivity index (χ0) is 15.8. The molecule has 9 heteroatoms. The Balaban J connectivity index is 2.51. The minimum absolute atomic E-state index is 0.0478. The van der Waals surface area contributed by atoms with Crippen LogP contribution in [0.15, 0.2) is 35.2 Å². The summed E-state index contributed by atoms with van der Waals surface area (Å²) in [6.07, 6.45) is 0. The predicted molar refractivity (Wildman–Crippen MR) is 78.0 cm³/mol. The summed E-state index contributed by atoms with van der Waals surface area (Å²) in [6, 6.07) is 5.22. The molecule has 0 aliphatic heterocycles. The van der Waals surface area contributed by atoms with E-state index in [1.54, 1.807) is 0 Å². The molecule has 0 fully saturated rings. The van der Waals surface area contributed by atoms with Crippen LogP contribution in [0, 0.1) is 11.6 Å². The first-order valence-corrected chi connectivity index (χ1v) is 7.67. The molecule has 21 heavy (non-hydrogen) atoms. The lowest BCUT2D eigenvalue weighted by Crippen LogP contribution is -2.16. The third-order valence-electron chi connectivity index (χ3n) is 2.48. The van der Waals surface area contributed by atoms with Crippen molar-refractivity contribution < 1.29 is 17.2 Å². The number of hydrogen-bond donors (Lipinski definition) is 2. The van der Waals surface area contributed by atoms with Crippen molar-refractivity contribution in [1.29, 1.82) is 0 Å². The lowest BCUT2D eigenvalue weighted by molar-refractivity contribution is 0.570. The van der Waals surface area contributed by atoms with E-state index in [0.717, 1.165) is 24.3 Å². The number of nitrogens with one attached hydrogen (secondary N) is 1. The third-order valence-corrected chi connectivity index (χ3v) is 4.35. The molecule has 0 spiro atoms. The largest absolute Gasteiger partial charge is 0.399 e.